The number of nitrogens with one attached hydrogen (secondary N) is 1. The lowest BCUT2D eigenvalue weighted by molar-refractivity contribution is 0.0888. The summed E-state index contributed by atoms with van der Waals surface area (Å²) >= 11 is 4.70. The predicted molar refractivity (Wildman–Crippen MR) is 63.2 cm³/mol. The van der Waals surface area contributed by atoms with Crippen molar-refractivity contribution in [1.82, 2.24) is 10.4 Å². The van der Waals surface area contributed by atoms with Gasteiger partial charge in [-0.15, -0.1) is 0 Å². The summed E-state index contributed by atoms with van der Waals surface area (Å²) in [5.74, 6) is -0.231. The van der Waals surface area contributed by atoms with Crippen LogP contribution in [-0.2, 0) is 0 Å². The maximum atomic E-state index is 11.6. The molecule has 15 heavy (non-hydrogen) atoms. The molecule has 0 radical (unpaired) electrons. The number of aryl methyl sites for hydroxylation is 1. The third-order valence-electron chi connectivity index (χ3n) is 1.91. The first kappa shape index (κ1) is 11.5. The second-order valence-corrected chi connectivity index (χ2v) is 3.62. The minimum Gasteiger partial charge on any atom is -0.375 e. The molecule has 5 heteroatoms. The van der Waals surface area contributed by atoms with Crippen LogP contribution in [0.25, 0.3) is 0 Å². The summed E-state index contributed by atoms with van der Waals surface area (Å²) in [6, 6.07) is 7.24. The minimum atomic E-state index is -0.231. The van der Waals surface area contributed by atoms with Crippen LogP contribution >= 0.6 is 12.2 Å². The molecule has 0 saturated carbocycles. The van der Waals surface area contributed by atoms with Crippen molar-refractivity contribution >= 4 is 23.2 Å². The number of rotatable bonds is 1. The van der Waals surface area contributed by atoms with Crippen molar-refractivity contribution in [3.05, 3.63) is 35.4 Å². The molecule has 0 heterocycles. The van der Waals surface area contributed by atoms with Crippen LogP contribution in [0.3, 0.4) is 0 Å². The Morgan fingerprint density at radius 2 is 1.93 bits per heavy atom. The average Bonchev–Trinajstić information content (AvgIpc) is 2.18. The Morgan fingerprint density at radius 3 is 2.40 bits per heavy atom. The molecule has 0 spiro atoms. The number of hydrazine groups is 1. The summed E-state index contributed by atoms with van der Waals surface area (Å²) in [6.07, 6.45) is 0. The number of hydrogen-bond donors (Lipinski definition) is 2. The molecule has 1 rings (SSSR count). The number of nitrogens with zero attached hydrogens (tertiary/aromatic N) is 1. The van der Waals surface area contributed by atoms with E-state index < -0.39 is 0 Å². The number of thiocarbonyl (C=S) groups is 1. The van der Waals surface area contributed by atoms with Crippen molar-refractivity contribution < 1.29 is 4.79 Å². The number of nitrogens with two attached hydrogens (primary N) is 1. The Kier molecular flexibility index (Phi) is 3.62. The first-order chi connectivity index (χ1) is 7.00. The number of amides is 1. The Morgan fingerprint density at radius 1 is 1.40 bits per heavy atom. The topological polar surface area (TPSA) is 58.4 Å². The molecule has 0 unspecified atom stereocenters. The normalized spacial score (nSPS) is 9.47. The Labute approximate surface area is 94.0 Å². The van der Waals surface area contributed by atoms with Crippen molar-refractivity contribution in [3.63, 3.8) is 0 Å². The predicted octanol–water partition coefficient (Wildman–Crippen LogP) is 0.815. The molecule has 0 aliphatic carbocycles. The van der Waals surface area contributed by atoms with Gasteiger partial charge >= 0.3 is 0 Å². The van der Waals surface area contributed by atoms with E-state index in [2.05, 4.69) is 5.43 Å². The fourth-order valence-electron chi connectivity index (χ4n) is 0.977. The van der Waals surface area contributed by atoms with Gasteiger partial charge in [0.25, 0.3) is 5.91 Å². The zero-order valence-electron chi connectivity index (χ0n) is 8.65. The van der Waals surface area contributed by atoms with E-state index in [9.17, 15) is 4.79 Å². The summed E-state index contributed by atoms with van der Waals surface area (Å²) in [7, 11) is 1.59. The highest BCUT2D eigenvalue weighted by Gasteiger charge is 2.07. The Bertz CT molecular complexity index is 375. The number of carbonyl (C=O) groups is 1. The lowest BCUT2D eigenvalue weighted by atomic mass is 10.1. The quantitative estimate of drug-likeness (QED) is 0.546. The van der Waals surface area contributed by atoms with Crippen molar-refractivity contribution in [1.29, 1.82) is 0 Å². The molecule has 0 aromatic heterocycles. The van der Waals surface area contributed by atoms with Crippen LogP contribution < -0.4 is 11.2 Å². The lowest BCUT2D eigenvalue weighted by Crippen LogP contribution is -2.45. The van der Waals surface area contributed by atoms with Crippen LogP contribution in [0.2, 0.25) is 0 Å². The molecular weight excluding hydrogens is 210 g/mol. The van der Waals surface area contributed by atoms with Crippen LogP contribution in [0.15, 0.2) is 24.3 Å². The maximum absolute atomic E-state index is 11.6. The molecule has 0 aliphatic rings. The van der Waals surface area contributed by atoms with Gasteiger partial charge in [0, 0.05) is 12.6 Å². The molecular formula is C10H13N3OS. The highest BCUT2D eigenvalue weighted by Crippen LogP contribution is 2.02. The van der Waals surface area contributed by atoms with Gasteiger partial charge < -0.3 is 5.73 Å². The number of carbonyl (C=O) groups excluding carboxylic acids is 1. The summed E-state index contributed by atoms with van der Waals surface area (Å²) in [5, 5.41) is 1.42. The van der Waals surface area contributed by atoms with Crippen molar-refractivity contribution in [2.24, 2.45) is 5.73 Å². The first-order valence-corrected chi connectivity index (χ1v) is 4.82. The van der Waals surface area contributed by atoms with Gasteiger partial charge in [0.15, 0.2) is 5.11 Å². The van der Waals surface area contributed by atoms with Gasteiger partial charge in [-0.2, -0.15) is 0 Å². The van der Waals surface area contributed by atoms with E-state index in [4.69, 9.17) is 18.0 Å². The SMILES string of the molecule is Cc1ccc(C(=O)NN(C)C(N)=S)cc1. The molecule has 0 bridgehead atoms. The van der Waals surface area contributed by atoms with Crippen LogP contribution in [0.4, 0.5) is 0 Å². The fourth-order valence-corrected chi connectivity index (χ4v) is 1.02. The van der Waals surface area contributed by atoms with Gasteiger partial charge in [0.05, 0.1) is 0 Å². The maximum Gasteiger partial charge on any atom is 0.269 e. The molecule has 1 aromatic rings. The molecule has 0 fully saturated rings. The average molecular weight is 223 g/mol. The van der Waals surface area contributed by atoms with Gasteiger partial charge in [0.2, 0.25) is 0 Å². The Hall–Kier alpha value is -1.62. The van der Waals surface area contributed by atoms with Crippen molar-refractivity contribution in [2.45, 2.75) is 6.92 Å². The van der Waals surface area contributed by atoms with E-state index in [1.54, 1.807) is 19.2 Å². The summed E-state index contributed by atoms with van der Waals surface area (Å²) in [6.45, 7) is 1.96. The molecule has 80 valence electrons. The molecule has 0 aliphatic heterocycles. The zero-order chi connectivity index (χ0) is 11.4. The monoisotopic (exact) mass is 223 g/mol. The molecule has 3 N–H and O–H groups in total. The fraction of sp³-hybridized carbons (Fsp3) is 0.200. The van der Waals surface area contributed by atoms with Crippen molar-refractivity contribution in [3.8, 4) is 0 Å². The van der Waals surface area contributed by atoms with Gasteiger partial charge in [-0.05, 0) is 31.3 Å². The lowest BCUT2D eigenvalue weighted by Gasteiger charge is -2.17. The van der Waals surface area contributed by atoms with E-state index in [1.165, 1.54) is 5.01 Å². The Balaban J connectivity index is 2.69. The summed E-state index contributed by atoms with van der Waals surface area (Å²) < 4.78 is 0. The number of hydrogen-bond acceptors (Lipinski definition) is 2. The highest BCUT2D eigenvalue weighted by atomic mass is 32.1. The van der Waals surface area contributed by atoms with Gasteiger partial charge in [-0.1, -0.05) is 17.7 Å². The summed E-state index contributed by atoms with van der Waals surface area (Å²) in [5.41, 5.74) is 9.55. The third-order valence-corrected chi connectivity index (χ3v) is 2.19. The van der Waals surface area contributed by atoms with Gasteiger partial charge in [-0.3, -0.25) is 15.2 Å². The number of benzene rings is 1. The largest absolute Gasteiger partial charge is 0.375 e. The van der Waals surface area contributed by atoms with Crippen LogP contribution in [-0.4, -0.2) is 23.1 Å². The van der Waals surface area contributed by atoms with Gasteiger partial charge in [0.1, 0.15) is 0 Å². The second kappa shape index (κ2) is 4.75. The third kappa shape index (κ3) is 3.21. The van der Waals surface area contributed by atoms with E-state index in [-0.39, 0.29) is 11.0 Å². The molecule has 0 atom stereocenters. The molecule has 0 saturated heterocycles. The summed E-state index contributed by atoms with van der Waals surface area (Å²) in [4.78, 5) is 11.6. The van der Waals surface area contributed by atoms with E-state index in [1.807, 2.05) is 19.1 Å². The van der Waals surface area contributed by atoms with Crippen LogP contribution in [0.1, 0.15) is 15.9 Å². The molecule has 4 nitrogen and oxygen atoms in total. The van der Waals surface area contributed by atoms with E-state index in [0.29, 0.717) is 5.56 Å². The minimum absolute atomic E-state index is 0.121. The van der Waals surface area contributed by atoms with Crippen LogP contribution in [0, 0.1) is 6.92 Å². The molecule has 1 aromatic carbocycles. The second-order valence-electron chi connectivity index (χ2n) is 3.20. The van der Waals surface area contributed by atoms with E-state index >= 15 is 0 Å². The first-order valence-electron chi connectivity index (χ1n) is 4.41. The van der Waals surface area contributed by atoms with Gasteiger partial charge in [-0.25, -0.2) is 0 Å². The smallest absolute Gasteiger partial charge is 0.269 e. The molecule has 1 amide bonds. The van der Waals surface area contributed by atoms with E-state index in [0.717, 1.165) is 5.56 Å². The standard InChI is InChI=1S/C10H13N3OS/c1-7-3-5-8(6-4-7)9(14)12-13(2)10(11)15/h3-6H,1-2H3,(H2,11,15)(H,12,14). The van der Waals surface area contributed by atoms with Crippen molar-refractivity contribution in [2.75, 3.05) is 7.05 Å². The zero-order valence-corrected chi connectivity index (χ0v) is 9.47. The highest BCUT2D eigenvalue weighted by molar-refractivity contribution is 7.80. The van der Waals surface area contributed by atoms with Crippen LogP contribution in [0.5, 0.6) is 0 Å².